The Morgan fingerprint density at radius 3 is 1.83 bits per heavy atom. The smallest absolute Gasteiger partial charge is 0.139 e. The van der Waals surface area contributed by atoms with E-state index < -0.39 is 0 Å². The zero-order valence-electron chi connectivity index (χ0n) is 11.2. The Morgan fingerprint density at radius 1 is 0.722 bits per heavy atom. The molecule has 5 rings (SSSR count). The van der Waals surface area contributed by atoms with Gasteiger partial charge < -0.3 is 0 Å². The van der Waals surface area contributed by atoms with E-state index in [2.05, 4.69) is 0 Å². The van der Waals surface area contributed by atoms with Gasteiger partial charge in [-0.05, 0) is 74.0 Å². The van der Waals surface area contributed by atoms with Gasteiger partial charge >= 0.3 is 0 Å². The van der Waals surface area contributed by atoms with Crippen LogP contribution in [0.3, 0.4) is 0 Å². The highest BCUT2D eigenvalue weighted by Crippen LogP contribution is 2.68. The normalized spacial score (nSPS) is 60.8. The van der Waals surface area contributed by atoms with E-state index in [1.54, 1.807) is 0 Å². The SMILES string of the molecule is O=C1[C@H]2CCCC[C@H]1[C@H]1C[C@H]2[C@H]2[C@H]3CC[C@@H](C3)[C@@H]12. The van der Waals surface area contributed by atoms with E-state index in [1.807, 2.05) is 0 Å². The molecule has 0 aromatic heterocycles. The predicted molar refractivity (Wildman–Crippen MR) is 69.9 cm³/mol. The molecule has 0 radical (unpaired) electrons. The van der Waals surface area contributed by atoms with Crippen LogP contribution in [0, 0.1) is 47.3 Å². The molecule has 8 atom stereocenters. The van der Waals surface area contributed by atoms with Crippen molar-refractivity contribution in [2.75, 3.05) is 0 Å². The third-order valence-corrected chi connectivity index (χ3v) is 7.62. The molecule has 5 fully saturated rings. The topological polar surface area (TPSA) is 17.1 Å². The molecule has 5 aliphatic rings. The lowest BCUT2D eigenvalue weighted by atomic mass is 9.69. The van der Waals surface area contributed by atoms with E-state index in [0.29, 0.717) is 11.8 Å². The molecule has 0 unspecified atom stereocenters. The summed E-state index contributed by atoms with van der Waals surface area (Å²) in [6.45, 7) is 0. The number of carbonyl (C=O) groups is 1. The van der Waals surface area contributed by atoms with E-state index in [1.165, 1.54) is 51.4 Å². The summed E-state index contributed by atoms with van der Waals surface area (Å²) < 4.78 is 0. The lowest BCUT2D eigenvalue weighted by Gasteiger charge is -2.34. The van der Waals surface area contributed by atoms with E-state index in [-0.39, 0.29) is 0 Å². The van der Waals surface area contributed by atoms with Crippen molar-refractivity contribution in [2.45, 2.75) is 51.4 Å². The van der Waals surface area contributed by atoms with Gasteiger partial charge in [-0.2, -0.15) is 0 Å². The second-order valence-corrected chi connectivity index (χ2v) is 7.95. The van der Waals surface area contributed by atoms with Gasteiger partial charge in [0.05, 0.1) is 0 Å². The summed E-state index contributed by atoms with van der Waals surface area (Å²) in [5.41, 5.74) is 0. The molecule has 5 saturated carbocycles. The monoisotopic (exact) mass is 244 g/mol. The Bertz CT molecular complexity index is 366. The maximum absolute atomic E-state index is 12.8. The number of ketones is 1. The highest BCUT2D eigenvalue weighted by atomic mass is 16.1. The zero-order valence-corrected chi connectivity index (χ0v) is 11.2. The van der Waals surface area contributed by atoms with Crippen molar-refractivity contribution in [1.29, 1.82) is 0 Å². The van der Waals surface area contributed by atoms with Crippen LogP contribution < -0.4 is 0 Å². The average molecular weight is 244 g/mol. The fourth-order valence-corrected chi connectivity index (χ4v) is 7.28. The number of fused-ring (bicyclic) bond motifs is 13. The van der Waals surface area contributed by atoms with Crippen molar-refractivity contribution >= 4 is 5.78 Å². The van der Waals surface area contributed by atoms with Crippen molar-refractivity contribution in [3.8, 4) is 0 Å². The van der Waals surface area contributed by atoms with Gasteiger partial charge in [0.15, 0.2) is 0 Å². The summed E-state index contributed by atoms with van der Waals surface area (Å²) in [6, 6.07) is 0. The first-order chi connectivity index (χ1) is 8.84. The highest BCUT2D eigenvalue weighted by Gasteiger charge is 2.64. The van der Waals surface area contributed by atoms with Crippen LogP contribution in [0.2, 0.25) is 0 Å². The van der Waals surface area contributed by atoms with Crippen LogP contribution in [0.15, 0.2) is 0 Å². The predicted octanol–water partition coefficient (Wildman–Crippen LogP) is 3.67. The van der Waals surface area contributed by atoms with Gasteiger partial charge in [0.2, 0.25) is 0 Å². The number of hydrogen-bond acceptors (Lipinski definition) is 1. The number of rotatable bonds is 0. The molecule has 18 heavy (non-hydrogen) atoms. The van der Waals surface area contributed by atoms with Crippen LogP contribution >= 0.6 is 0 Å². The van der Waals surface area contributed by atoms with Gasteiger partial charge in [0, 0.05) is 11.8 Å². The minimum Gasteiger partial charge on any atom is -0.299 e. The lowest BCUT2D eigenvalue weighted by Crippen LogP contribution is -2.37. The van der Waals surface area contributed by atoms with Gasteiger partial charge in [-0.1, -0.05) is 12.8 Å². The summed E-state index contributed by atoms with van der Waals surface area (Å²) in [6.07, 6.45) is 11.1. The maximum Gasteiger partial charge on any atom is 0.139 e. The molecular formula is C17H24O. The second-order valence-electron chi connectivity index (χ2n) is 7.95. The van der Waals surface area contributed by atoms with Crippen LogP contribution in [-0.4, -0.2) is 5.78 Å². The third kappa shape index (κ3) is 1.09. The van der Waals surface area contributed by atoms with Crippen LogP contribution in [0.4, 0.5) is 0 Å². The quantitative estimate of drug-likeness (QED) is 0.594. The fraction of sp³-hybridized carbons (Fsp3) is 0.941. The van der Waals surface area contributed by atoms with Gasteiger partial charge in [-0.15, -0.1) is 0 Å². The summed E-state index contributed by atoms with van der Waals surface area (Å²) in [4.78, 5) is 12.8. The van der Waals surface area contributed by atoms with Crippen molar-refractivity contribution in [1.82, 2.24) is 0 Å². The van der Waals surface area contributed by atoms with Crippen molar-refractivity contribution in [3.63, 3.8) is 0 Å². The highest BCUT2D eigenvalue weighted by molar-refractivity contribution is 5.85. The van der Waals surface area contributed by atoms with E-state index in [9.17, 15) is 4.79 Å². The molecule has 1 heteroatoms. The van der Waals surface area contributed by atoms with E-state index in [4.69, 9.17) is 0 Å². The van der Waals surface area contributed by atoms with Crippen LogP contribution in [0.1, 0.15) is 51.4 Å². The molecule has 0 aromatic carbocycles. The minimum atomic E-state index is 0.503. The number of carbonyl (C=O) groups excluding carboxylic acids is 1. The summed E-state index contributed by atoms with van der Waals surface area (Å²) in [5.74, 6) is 7.44. The van der Waals surface area contributed by atoms with Gasteiger partial charge in [-0.25, -0.2) is 0 Å². The molecule has 0 N–H and O–H groups in total. The molecule has 0 amide bonds. The Morgan fingerprint density at radius 2 is 1.28 bits per heavy atom. The first-order valence-electron chi connectivity index (χ1n) is 8.38. The molecule has 1 nitrogen and oxygen atoms in total. The van der Waals surface area contributed by atoms with Gasteiger partial charge in [0.1, 0.15) is 5.78 Å². The Balaban J connectivity index is 1.60. The average Bonchev–Trinajstić information content (AvgIpc) is 3.03. The van der Waals surface area contributed by atoms with Gasteiger partial charge in [0.25, 0.3) is 0 Å². The van der Waals surface area contributed by atoms with Crippen LogP contribution in [0.25, 0.3) is 0 Å². The third-order valence-electron chi connectivity index (χ3n) is 7.62. The first-order valence-corrected chi connectivity index (χ1v) is 8.38. The Labute approximate surface area is 110 Å². The van der Waals surface area contributed by atoms with E-state index >= 15 is 0 Å². The first kappa shape index (κ1) is 10.5. The minimum absolute atomic E-state index is 0.503. The van der Waals surface area contributed by atoms with Crippen molar-refractivity contribution in [3.05, 3.63) is 0 Å². The van der Waals surface area contributed by atoms with Gasteiger partial charge in [-0.3, -0.25) is 4.79 Å². The molecule has 0 spiro atoms. The summed E-state index contributed by atoms with van der Waals surface area (Å²) in [5, 5.41) is 0. The number of Topliss-reactive ketones (excluding diaryl/α,β-unsaturated/α-hetero) is 1. The molecule has 0 heterocycles. The summed E-state index contributed by atoms with van der Waals surface area (Å²) in [7, 11) is 0. The van der Waals surface area contributed by atoms with Crippen molar-refractivity contribution in [2.24, 2.45) is 47.3 Å². The summed E-state index contributed by atoms with van der Waals surface area (Å²) >= 11 is 0. The fourth-order valence-electron chi connectivity index (χ4n) is 7.28. The molecule has 6 bridgehead atoms. The Kier molecular flexibility index (Phi) is 1.98. The maximum atomic E-state index is 12.8. The molecule has 98 valence electrons. The standard InChI is InChI=1S/C17H24O/c18-17-11-3-1-2-4-12(17)14-8-13(11)15-9-5-6-10(7-9)16(14)15/h9-16H,1-8H2/t9-,10-,11-,12-,13+,14+,15-,16+/m0/s1. The molecule has 0 aromatic rings. The largest absolute Gasteiger partial charge is 0.299 e. The Hall–Kier alpha value is -0.330. The molecular weight excluding hydrogens is 220 g/mol. The van der Waals surface area contributed by atoms with Crippen LogP contribution in [-0.2, 0) is 4.79 Å². The molecule has 0 saturated heterocycles. The lowest BCUT2D eigenvalue weighted by molar-refractivity contribution is -0.132. The molecule has 5 aliphatic carbocycles. The van der Waals surface area contributed by atoms with Crippen LogP contribution in [0.5, 0.6) is 0 Å². The number of hydrogen-bond donors (Lipinski definition) is 0. The molecule has 0 aliphatic heterocycles. The van der Waals surface area contributed by atoms with Crippen molar-refractivity contribution < 1.29 is 4.79 Å². The second kappa shape index (κ2) is 3.41. The van der Waals surface area contributed by atoms with E-state index in [0.717, 1.165) is 41.3 Å². The zero-order chi connectivity index (χ0) is 11.9.